The molecule has 1 aromatic carbocycles. The molecule has 2 aliphatic heterocycles. The van der Waals surface area contributed by atoms with Gasteiger partial charge in [-0.25, -0.2) is 0 Å². The van der Waals surface area contributed by atoms with Crippen LogP contribution in [0.5, 0.6) is 0 Å². The van der Waals surface area contributed by atoms with Gasteiger partial charge in [-0.05, 0) is 74.0 Å². The summed E-state index contributed by atoms with van der Waals surface area (Å²) in [4.78, 5) is 4.96. The third kappa shape index (κ3) is 3.84. The van der Waals surface area contributed by atoms with Crippen molar-refractivity contribution in [2.75, 3.05) is 43.4 Å². The molecule has 0 bridgehead atoms. The van der Waals surface area contributed by atoms with Crippen LogP contribution in [0.4, 0.5) is 11.4 Å². The molecule has 0 spiro atoms. The van der Waals surface area contributed by atoms with Crippen LogP contribution in [0.2, 0.25) is 0 Å². The van der Waals surface area contributed by atoms with E-state index in [0.29, 0.717) is 0 Å². The topological polar surface area (TPSA) is 32.5 Å². The molecule has 1 aromatic rings. The fourth-order valence-electron chi connectivity index (χ4n) is 4.63. The Hall–Kier alpha value is -2.00. The number of hydrogen-bond acceptors (Lipinski definition) is 3. The number of nitrogens with zero attached hydrogens (tertiary/aromatic N) is 2. The quantitative estimate of drug-likeness (QED) is 0.758. The molecule has 3 aliphatic rings. The zero-order valence-corrected chi connectivity index (χ0v) is 16.7. The second kappa shape index (κ2) is 7.55. The zero-order valence-electron chi connectivity index (χ0n) is 16.7. The number of allylic oxidation sites excluding steroid dienone is 3. The highest BCUT2D eigenvalue weighted by Crippen LogP contribution is 2.42. The highest BCUT2D eigenvalue weighted by molar-refractivity contribution is 5.78. The van der Waals surface area contributed by atoms with Gasteiger partial charge in [0.1, 0.15) is 0 Å². The minimum Gasteiger partial charge on any atom is -0.397 e. The molecule has 2 fully saturated rings. The van der Waals surface area contributed by atoms with Crippen LogP contribution in [-0.2, 0) is 0 Å². The van der Waals surface area contributed by atoms with E-state index in [2.05, 4.69) is 59.7 Å². The van der Waals surface area contributed by atoms with Gasteiger partial charge in [0.25, 0.3) is 0 Å². The summed E-state index contributed by atoms with van der Waals surface area (Å²) >= 11 is 0. The maximum Gasteiger partial charge on any atom is 0.0600 e. The van der Waals surface area contributed by atoms with Crippen LogP contribution in [0, 0.1) is 5.41 Å². The number of rotatable bonds is 5. The molecular formula is C24H33N3. The van der Waals surface area contributed by atoms with Gasteiger partial charge in [-0.2, -0.15) is 0 Å². The molecule has 0 saturated carbocycles. The third-order valence-corrected chi connectivity index (χ3v) is 6.57. The van der Waals surface area contributed by atoms with Crippen LogP contribution in [0.25, 0.3) is 5.57 Å². The lowest BCUT2D eigenvalue weighted by Crippen LogP contribution is -2.24. The Morgan fingerprint density at radius 3 is 2.44 bits per heavy atom. The second-order valence-electron chi connectivity index (χ2n) is 8.66. The lowest BCUT2D eigenvalue weighted by molar-refractivity contribution is 0.369. The van der Waals surface area contributed by atoms with E-state index in [0.717, 1.165) is 37.3 Å². The Labute approximate surface area is 164 Å². The van der Waals surface area contributed by atoms with E-state index in [-0.39, 0.29) is 5.41 Å². The number of likely N-dealkylation sites (tertiary alicyclic amines) is 1. The molecule has 3 heteroatoms. The van der Waals surface area contributed by atoms with Gasteiger partial charge < -0.3 is 10.6 Å². The minimum atomic E-state index is -0.0316. The van der Waals surface area contributed by atoms with Crippen LogP contribution in [0.1, 0.15) is 44.6 Å². The summed E-state index contributed by atoms with van der Waals surface area (Å²) in [5.41, 5.74) is 12.2. The van der Waals surface area contributed by atoms with Crippen LogP contribution < -0.4 is 10.6 Å². The zero-order chi connectivity index (χ0) is 18.9. The van der Waals surface area contributed by atoms with E-state index in [1.165, 1.54) is 55.6 Å². The van der Waals surface area contributed by atoms with Gasteiger partial charge in [0.15, 0.2) is 0 Å². The molecule has 0 aromatic heterocycles. The predicted molar refractivity (Wildman–Crippen MR) is 117 cm³/mol. The van der Waals surface area contributed by atoms with E-state index >= 15 is 0 Å². The van der Waals surface area contributed by atoms with Crippen LogP contribution in [-0.4, -0.2) is 37.6 Å². The first-order valence-corrected chi connectivity index (χ1v) is 10.5. The summed E-state index contributed by atoms with van der Waals surface area (Å²) in [6.07, 6.45) is 13.3. The van der Waals surface area contributed by atoms with Gasteiger partial charge in [0, 0.05) is 25.0 Å². The minimum absolute atomic E-state index is 0.0316. The van der Waals surface area contributed by atoms with Crippen molar-refractivity contribution in [2.24, 2.45) is 5.41 Å². The molecule has 1 atom stereocenters. The van der Waals surface area contributed by atoms with Crippen molar-refractivity contribution in [3.63, 3.8) is 0 Å². The first kappa shape index (κ1) is 18.4. The van der Waals surface area contributed by atoms with Crippen molar-refractivity contribution >= 4 is 16.9 Å². The number of hydrogen-bond donors (Lipinski definition) is 1. The Balaban J connectivity index is 1.45. The average molecular weight is 364 g/mol. The molecule has 3 nitrogen and oxygen atoms in total. The Kier molecular flexibility index (Phi) is 5.14. The fourth-order valence-corrected chi connectivity index (χ4v) is 4.63. The molecule has 2 N–H and O–H groups in total. The molecule has 144 valence electrons. The summed E-state index contributed by atoms with van der Waals surface area (Å²) in [5.74, 6) is 0. The second-order valence-corrected chi connectivity index (χ2v) is 8.66. The number of anilines is 2. The SMILES string of the molecule is C=C(c1ccc(N2CCCC2)c(N)c1)C1(C)C=CC(CN2CCCC2)=CC1. The van der Waals surface area contributed by atoms with Crippen molar-refractivity contribution in [1.29, 1.82) is 0 Å². The van der Waals surface area contributed by atoms with Crippen molar-refractivity contribution in [3.8, 4) is 0 Å². The van der Waals surface area contributed by atoms with E-state index < -0.39 is 0 Å². The van der Waals surface area contributed by atoms with Gasteiger partial charge in [-0.3, -0.25) is 4.90 Å². The molecule has 1 unspecified atom stereocenters. The Morgan fingerprint density at radius 2 is 1.81 bits per heavy atom. The van der Waals surface area contributed by atoms with Crippen LogP contribution in [0.15, 0.2) is 48.6 Å². The summed E-state index contributed by atoms with van der Waals surface area (Å²) in [5, 5.41) is 0. The molecular weight excluding hydrogens is 330 g/mol. The lowest BCUT2D eigenvalue weighted by Gasteiger charge is -2.32. The highest BCUT2D eigenvalue weighted by Gasteiger charge is 2.28. The molecule has 27 heavy (non-hydrogen) atoms. The molecule has 0 radical (unpaired) electrons. The third-order valence-electron chi connectivity index (χ3n) is 6.57. The highest BCUT2D eigenvalue weighted by atomic mass is 15.2. The molecule has 2 saturated heterocycles. The smallest absolute Gasteiger partial charge is 0.0600 e. The molecule has 2 heterocycles. The summed E-state index contributed by atoms with van der Waals surface area (Å²) < 4.78 is 0. The standard InChI is InChI=1S/C24H33N3/c1-19(21-7-8-23(22(25)17-21)27-15-5-6-16-27)24(2)11-9-20(10-12-24)18-26-13-3-4-14-26/h7-11,17H,1,3-6,12-16,18,25H2,2H3. The maximum absolute atomic E-state index is 6.41. The summed E-state index contributed by atoms with van der Waals surface area (Å²) in [6, 6.07) is 6.51. The molecule has 0 amide bonds. The number of nitrogen functional groups attached to an aromatic ring is 1. The van der Waals surface area contributed by atoms with E-state index in [4.69, 9.17) is 5.73 Å². The van der Waals surface area contributed by atoms with Gasteiger partial charge in [0.2, 0.25) is 0 Å². The normalized spacial score (nSPS) is 25.8. The van der Waals surface area contributed by atoms with Crippen molar-refractivity contribution in [2.45, 2.75) is 39.0 Å². The first-order valence-electron chi connectivity index (χ1n) is 10.5. The predicted octanol–water partition coefficient (Wildman–Crippen LogP) is 4.87. The Bertz CT molecular complexity index is 764. The van der Waals surface area contributed by atoms with E-state index in [1.54, 1.807) is 0 Å². The number of nitrogens with two attached hydrogens (primary N) is 1. The van der Waals surface area contributed by atoms with Gasteiger partial charge >= 0.3 is 0 Å². The van der Waals surface area contributed by atoms with Gasteiger partial charge in [0.05, 0.1) is 11.4 Å². The van der Waals surface area contributed by atoms with E-state index in [1.807, 2.05) is 0 Å². The van der Waals surface area contributed by atoms with Gasteiger partial charge in [-0.15, -0.1) is 0 Å². The first-order chi connectivity index (χ1) is 13.0. The Morgan fingerprint density at radius 1 is 1.11 bits per heavy atom. The van der Waals surface area contributed by atoms with Crippen molar-refractivity contribution in [1.82, 2.24) is 4.90 Å². The van der Waals surface area contributed by atoms with Crippen LogP contribution in [0.3, 0.4) is 0 Å². The molecule has 1 aliphatic carbocycles. The van der Waals surface area contributed by atoms with Crippen molar-refractivity contribution in [3.05, 3.63) is 54.1 Å². The average Bonchev–Trinajstić information content (AvgIpc) is 3.37. The lowest BCUT2D eigenvalue weighted by atomic mass is 9.73. The largest absolute Gasteiger partial charge is 0.397 e. The molecule has 4 rings (SSSR count). The summed E-state index contributed by atoms with van der Waals surface area (Å²) in [7, 11) is 0. The maximum atomic E-state index is 6.41. The number of benzene rings is 1. The van der Waals surface area contributed by atoms with E-state index in [9.17, 15) is 0 Å². The van der Waals surface area contributed by atoms with Crippen molar-refractivity contribution < 1.29 is 0 Å². The summed E-state index contributed by atoms with van der Waals surface area (Å²) in [6.45, 7) is 12.6. The van der Waals surface area contributed by atoms with Crippen LogP contribution >= 0.6 is 0 Å². The fraction of sp³-hybridized carbons (Fsp3) is 0.500. The van der Waals surface area contributed by atoms with Gasteiger partial charge in [-0.1, -0.05) is 37.8 Å². The monoisotopic (exact) mass is 363 g/mol.